The minimum atomic E-state index is 1.30. The van der Waals surface area contributed by atoms with Crippen LogP contribution in [0.2, 0.25) is 0 Å². The Kier molecular flexibility index (Phi) is 4.09. The summed E-state index contributed by atoms with van der Waals surface area (Å²) >= 11 is 3.58. The molecule has 0 nitrogen and oxygen atoms in total. The second-order valence-electron chi connectivity index (χ2n) is 6.01. The van der Waals surface area contributed by atoms with Crippen molar-refractivity contribution < 1.29 is 0 Å². The van der Waals surface area contributed by atoms with Crippen LogP contribution in [0.5, 0.6) is 0 Å². The van der Waals surface area contributed by atoms with E-state index in [0.29, 0.717) is 0 Å². The second kappa shape index (κ2) is 6.39. The molecule has 2 heteroatoms. The molecule has 2 aromatic heterocycles. The normalized spacial score (nSPS) is 10.9. The molecule has 2 aromatic carbocycles. The molecule has 0 saturated heterocycles. The largest absolute Gasteiger partial charge is 0.144 e. The van der Waals surface area contributed by atoms with Gasteiger partial charge in [-0.2, -0.15) is 0 Å². The van der Waals surface area contributed by atoms with Gasteiger partial charge >= 0.3 is 0 Å². The third kappa shape index (κ3) is 2.83. The van der Waals surface area contributed by atoms with Gasteiger partial charge in [-0.25, -0.2) is 0 Å². The first-order chi connectivity index (χ1) is 11.7. The predicted molar refractivity (Wildman–Crippen MR) is 108 cm³/mol. The van der Waals surface area contributed by atoms with Crippen LogP contribution in [0, 0.1) is 13.8 Å². The molecule has 0 saturated carbocycles. The molecule has 0 aliphatic heterocycles. The molecule has 0 aliphatic carbocycles. The molecule has 2 heterocycles. The van der Waals surface area contributed by atoms with Gasteiger partial charge < -0.3 is 0 Å². The van der Waals surface area contributed by atoms with Gasteiger partial charge in [0.1, 0.15) is 0 Å². The van der Waals surface area contributed by atoms with Crippen molar-refractivity contribution in [2.45, 2.75) is 13.8 Å². The molecule has 0 bridgehead atoms. The van der Waals surface area contributed by atoms with Crippen molar-refractivity contribution in [1.29, 1.82) is 0 Å². The Morgan fingerprint density at radius 2 is 1.21 bits per heavy atom. The molecule has 24 heavy (non-hydrogen) atoms. The summed E-state index contributed by atoms with van der Waals surface area (Å²) in [6.07, 6.45) is 0. The lowest BCUT2D eigenvalue weighted by Gasteiger charge is -2.12. The van der Waals surface area contributed by atoms with E-state index in [4.69, 9.17) is 0 Å². The van der Waals surface area contributed by atoms with Crippen LogP contribution < -0.4 is 0 Å². The highest BCUT2D eigenvalue weighted by molar-refractivity contribution is 7.13. The van der Waals surface area contributed by atoms with Crippen molar-refractivity contribution in [1.82, 2.24) is 0 Å². The summed E-state index contributed by atoms with van der Waals surface area (Å²) in [7, 11) is 0. The zero-order chi connectivity index (χ0) is 16.5. The number of hydrogen-bond donors (Lipinski definition) is 0. The topological polar surface area (TPSA) is 0 Å². The molecule has 0 aliphatic rings. The summed E-state index contributed by atoms with van der Waals surface area (Å²) in [5, 5.41) is 4.27. The minimum absolute atomic E-state index is 1.30. The molecule has 4 rings (SSSR count). The van der Waals surface area contributed by atoms with E-state index in [1.54, 1.807) is 22.7 Å². The van der Waals surface area contributed by atoms with E-state index in [1.807, 2.05) is 0 Å². The zero-order valence-electron chi connectivity index (χ0n) is 13.7. The Bertz CT molecular complexity index is 961. The monoisotopic (exact) mass is 346 g/mol. The Labute approximate surface area is 151 Å². The third-order valence-electron chi connectivity index (χ3n) is 4.37. The van der Waals surface area contributed by atoms with E-state index in [9.17, 15) is 0 Å². The van der Waals surface area contributed by atoms with Crippen molar-refractivity contribution in [3.63, 3.8) is 0 Å². The van der Waals surface area contributed by atoms with Crippen molar-refractivity contribution in [3.05, 3.63) is 82.6 Å². The van der Waals surface area contributed by atoms with E-state index in [0.717, 1.165) is 0 Å². The lowest BCUT2D eigenvalue weighted by atomic mass is 9.93. The maximum Gasteiger partial charge on any atom is 0.0342 e. The Hall–Kier alpha value is -2.16. The van der Waals surface area contributed by atoms with Gasteiger partial charge in [0.15, 0.2) is 0 Å². The van der Waals surface area contributed by atoms with Gasteiger partial charge in [0.2, 0.25) is 0 Å². The Morgan fingerprint density at radius 1 is 0.583 bits per heavy atom. The first kappa shape index (κ1) is 15.4. The first-order valence-electron chi connectivity index (χ1n) is 8.02. The average Bonchev–Trinajstić information content (AvgIpc) is 3.29. The molecule has 0 N–H and O–H groups in total. The van der Waals surface area contributed by atoms with Crippen LogP contribution in [0.1, 0.15) is 11.1 Å². The fraction of sp³-hybridized carbons (Fsp3) is 0.0909. The number of rotatable bonds is 3. The van der Waals surface area contributed by atoms with Crippen molar-refractivity contribution in [2.75, 3.05) is 0 Å². The van der Waals surface area contributed by atoms with Crippen LogP contribution in [-0.4, -0.2) is 0 Å². The SMILES string of the molecule is Cc1cc(-c2cccs2)ccc1-c1cc(-c2cccs2)ccc1C. The van der Waals surface area contributed by atoms with Gasteiger partial charge in [-0.3, -0.25) is 0 Å². The van der Waals surface area contributed by atoms with Crippen LogP contribution in [0.4, 0.5) is 0 Å². The molecule has 118 valence electrons. The summed E-state index contributed by atoms with van der Waals surface area (Å²) in [5.74, 6) is 0. The first-order valence-corrected chi connectivity index (χ1v) is 9.78. The van der Waals surface area contributed by atoms with Gasteiger partial charge in [-0.1, -0.05) is 42.5 Å². The fourth-order valence-corrected chi connectivity index (χ4v) is 4.52. The quantitative estimate of drug-likeness (QED) is 0.362. The smallest absolute Gasteiger partial charge is 0.0342 e. The summed E-state index contributed by atoms with van der Waals surface area (Å²) in [4.78, 5) is 2.65. The maximum absolute atomic E-state index is 2.33. The highest BCUT2D eigenvalue weighted by atomic mass is 32.1. The van der Waals surface area contributed by atoms with Crippen molar-refractivity contribution >= 4 is 22.7 Å². The molecule has 0 amide bonds. The van der Waals surface area contributed by atoms with E-state index in [1.165, 1.54) is 43.1 Å². The van der Waals surface area contributed by atoms with Crippen LogP contribution >= 0.6 is 22.7 Å². The summed E-state index contributed by atoms with van der Waals surface area (Å²) in [6, 6.07) is 22.2. The van der Waals surface area contributed by atoms with Crippen LogP contribution in [0.3, 0.4) is 0 Å². The minimum Gasteiger partial charge on any atom is -0.144 e. The summed E-state index contributed by atoms with van der Waals surface area (Å²) in [5.41, 5.74) is 7.91. The number of benzene rings is 2. The zero-order valence-corrected chi connectivity index (χ0v) is 15.4. The Morgan fingerprint density at radius 3 is 1.79 bits per heavy atom. The second-order valence-corrected chi connectivity index (χ2v) is 7.91. The highest BCUT2D eigenvalue weighted by Gasteiger charge is 2.09. The third-order valence-corrected chi connectivity index (χ3v) is 6.20. The van der Waals surface area contributed by atoms with Crippen LogP contribution in [-0.2, 0) is 0 Å². The van der Waals surface area contributed by atoms with E-state index >= 15 is 0 Å². The summed E-state index contributed by atoms with van der Waals surface area (Å²) in [6.45, 7) is 4.41. The van der Waals surface area contributed by atoms with Gasteiger partial charge in [-0.15, -0.1) is 22.7 Å². The number of hydrogen-bond acceptors (Lipinski definition) is 2. The molecule has 0 atom stereocenters. The van der Waals surface area contributed by atoms with Crippen LogP contribution in [0.25, 0.3) is 32.0 Å². The molecule has 0 spiro atoms. The summed E-state index contributed by atoms with van der Waals surface area (Å²) < 4.78 is 0. The predicted octanol–water partition coefficient (Wildman–Crippen LogP) is 7.43. The Balaban J connectivity index is 1.80. The molecule has 0 radical (unpaired) electrons. The molecular formula is C22H18S2. The highest BCUT2D eigenvalue weighted by Crippen LogP contribution is 2.35. The van der Waals surface area contributed by atoms with E-state index < -0.39 is 0 Å². The van der Waals surface area contributed by atoms with E-state index in [-0.39, 0.29) is 0 Å². The molecular weight excluding hydrogens is 328 g/mol. The van der Waals surface area contributed by atoms with Gasteiger partial charge in [0.05, 0.1) is 0 Å². The van der Waals surface area contributed by atoms with Crippen molar-refractivity contribution in [3.8, 4) is 32.0 Å². The molecule has 0 unspecified atom stereocenters. The number of thiophene rings is 2. The molecule has 0 fully saturated rings. The fourth-order valence-electron chi connectivity index (χ4n) is 3.07. The van der Waals surface area contributed by atoms with E-state index in [2.05, 4.69) is 85.3 Å². The maximum atomic E-state index is 2.33. The van der Waals surface area contributed by atoms with Crippen molar-refractivity contribution in [2.24, 2.45) is 0 Å². The lowest BCUT2D eigenvalue weighted by Crippen LogP contribution is -1.89. The number of aryl methyl sites for hydroxylation is 2. The van der Waals surface area contributed by atoms with Gasteiger partial charge in [0.25, 0.3) is 0 Å². The molecule has 4 aromatic rings. The average molecular weight is 347 g/mol. The van der Waals surface area contributed by atoms with Gasteiger partial charge in [-0.05, 0) is 76.2 Å². The standard InChI is InChI=1S/C22H18S2/c1-15-7-8-18(22-6-4-12-24-22)14-20(15)19-10-9-17(13-16(19)2)21-5-3-11-23-21/h3-14H,1-2H3. The lowest BCUT2D eigenvalue weighted by molar-refractivity contribution is 1.41. The van der Waals surface area contributed by atoms with Crippen LogP contribution in [0.15, 0.2) is 71.4 Å². The van der Waals surface area contributed by atoms with Gasteiger partial charge in [0, 0.05) is 9.75 Å².